The van der Waals surface area contributed by atoms with Gasteiger partial charge in [0.2, 0.25) is 5.75 Å². The SMILES string of the molecule is CCOc1cc(C(=O)Nc2ncccc2Cl)cc(OCC)c1OCC. The number of pyridine rings is 1. The van der Waals surface area contributed by atoms with Crippen molar-refractivity contribution in [3.8, 4) is 17.2 Å². The zero-order valence-corrected chi connectivity index (χ0v) is 15.2. The van der Waals surface area contributed by atoms with Crippen LogP contribution in [0.15, 0.2) is 30.5 Å². The molecular weight excluding hydrogens is 344 g/mol. The summed E-state index contributed by atoms with van der Waals surface area (Å²) in [6.45, 7) is 6.91. The predicted octanol–water partition coefficient (Wildman–Crippen LogP) is 4.18. The quantitative estimate of drug-likeness (QED) is 0.760. The minimum Gasteiger partial charge on any atom is -0.490 e. The molecule has 0 saturated heterocycles. The standard InChI is InChI=1S/C18H21ClN2O4/c1-4-23-14-10-12(11-15(24-5-2)16(14)25-6-3)18(22)21-17-13(19)8-7-9-20-17/h7-11H,4-6H2,1-3H3,(H,20,21,22). The van der Waals surface area contributed by atoms with Crippen molar-refractivity contribution >= 4 is 23.3 Å². The highest BCUT2D eigenvalue weighted by atomic mass is 35.5. The van der Waals surface area contributed by atoms with E-state index < -0.39 is 0 Å². The van der Waals surface area contributed by atoms with Crippen LogP contribution in [-0.4, -0.2) is 30.7 Å². The minimum atomic E-state index is -0.370. The molecule has 2 rings (SSSR count). The first kappa shape index (κ1) is 18.9. The van der Waals surface area contributed by atoms with Gasteiger partial charge >= 0.3 is 0 Å². The summed E-state index contributed by atoms with van der Waals surface area (Å²) in [5.74, 6) is 1.31. The van der Waals surface area contributed by atoms with Gasteiger partial charge in [-0.15, -0.1) is 0 Å². The Bertz CT molecular complexity index is 710. The second-order valence-corrected chi connectivity index (χ2v) is 5.30. The first-order chi connectivity index (χ1) is 12.1. The van der Waals surface area contributed by atoms with E-state index in [0.717, 1.165) is 0 Å². The van der Waals surface area contributed by atoms with Gasteiger partial charge in [0.05, 0.1) is 24.8 Å². The summed E-state index contributed by atoms with van der Waals surface area (Å²) in [6, 6.07) is 6.57. The van der Waals surface area contributed by atoms with Gasteiger partial charge in [0, 0.05) is 11.8 Å². The molecule has 1 N–H and O–H groups in total. The van der Waals surface area contributed by atoms with Gasteiger partial charge in [-0.3, -0.25) is 4.79 Å². The molecule has 0 aliphatic heterocycles. The Morgan fingerprint density at radius 1 is 1.08 bits per heavy atom. The lowest BCUT2D eigenvalue weighted by Crippen LogP contribution is -2.14. The Balaban J connectivity index is 2.39. The molecule has 1 heterocycles. The molecule has 25 heavy (non-hydrogen) atoms. The van der Waals surface area contributed by atoms with E-state index in [-0.39, 0.29) is 5.91 Å². The first-order valence-corrected chi connectivity index (χ1v) is 8.46. The van der Waals surface area contributed by atoms with Gasteiger partial charge in [-0.2, -0.15) is 0 Å². The lowest BCUT2D eigenvalue weighted by atomic mass is 10.1. The van der Waals surface area contributed by atoms with E-state index >= 15 is 0 Å². The monoisotopic (exact) mass is 364 g/mol. The van der Waals surface area contributed by atoms with Crippen molar-refractivity contribution in [1.29, 1.82) is 0 Å². The van der Waals surface area contributed by atoms with Crippen molar-refractivity contribution in [2.45, 2.75) is 20.8 Å². The zero-order chi connectivity index (χ0) is 18.2. The molecule has 0 fully saturated rings. The van der Waals surface area contributed by atoms with Crippen molar-refractivity contribution in [3.05, 3.63) is 41.0 Å². The van der Waals surface area contributed by atoms with Crippen LogP contribution >= 0.6 is 11.6 Å². The molecule has 0 spiro atoms. The molecule has 7 heteroatoms. The normalized spacial score (nSPS) is 10.2. The van der Waals surface area contributed by atoms with E-state index in [1.165, 1.54) is 0 Å². The number of nitrogens with one attached hydrogen (secondary N) is 1. The van der Waals surface area contributed by atoms with Crippen LogP contribution in [0, 0.1) is 0 Å². The number of carbonyl (C=O) groups excluding carboxylic acids is 1. The molecule has 0 radical (unpaired) electrons. The summed E-state index contributed by atoms with van der Waals surface area (Å²) in [7, 11) is 0. The Kier molecular flexibility index (Phi) is 6.89. The third-order valence-corrected chi connectivity index (χ3v) is 3.47. The van der Waals surface area contributed by atoms with Crippen molar-refractivity contribution in [3.63, 3.8) is 0 Å². The van der Waals surface area contributed by atoms with Crippen LogP contribution in [0.2, 0.25) is 5.02 Å². The summed E-state index contributed by atoms with van der Waals surface area (Å²) in [6.07, 6.45) is 1.55. The molecule has 1 aromatic carbocycles. The van der Waals surface area contributed by atoms with Crippen LogP contribution in [0.1, 0.15) is 31.1 Å². The van der Waals surface area contributed by atoms with Gasteiger partial charge in [-0.25, -0.2) is 4.98 Å². The molecular formula is C18H21ClN2O4. The fourth-order valence-corrected chi connectivity index (χ4v) is 2.35. The molecule has 6 nitrogen and oxygen atoms in total. The third kappa shape index (κ3) is 4.76. The van der Waals surface area contributed by atoms with E-state index in [0.29, 0.717) is 53.5 Å². The van der Waals surface area contributed by atoms with Crippen molar-refractivity contribution in [1.82, 2.24) is 4.98 Å². The van der Waals surface area contributed by atoms with Crippen LogP contribution in [0.3, 0.4) is 0 Å². The number of hydrogen-bond donors (Lipinski definition) is 1. The summed E-state index contributed by atoms with van der Waals surface area (Å²) in [5.41, 5.74) is 0.358. The largest absolute Gasteiger partial charge is 0.490 e. The minimum absolute atomic E-state index is 0.291. The molecule has 0 unspecified atom stereocenters. The average Bonchev–Trinajstić information content (AvgIpc) is 2.60. The van der Waals surface area contributed by atoms with E-state index in [9.17, 15) is 4.79 Å². The summed E-state index contributed by atoms with van der Waals surface area (Å²) >= 11 is 6.04. The van der Waals surface area contributed by atoms with Gasteiger partial charge in [0.15, 0.2) is 17.3 Å². The summed E-state index contributed by atoms with van der Waals surface area (Å²) in [4.78, 5) is 16.6. The number of benzene rings is 1. The maximum absolute atomic E-state index is 12.6. The van der Waals surface area contributed by atoms with Crippen molar-refractivity contribution < 1.29 is 19.0 Å². The highest BCUT2D eigenvalue weighted by molar-refractivity contribution is 6.33. The third-order valence-electron chi connectivity index (χ3n) is 3.16. The average molecular weight is 365 g/mol. The lowest BCUT2D eigenvalue weighted by Gasteiger charge is -2.17. The molecule has 0 aliphatic rings. The number of anilines is 1. The molecule has 1 aromatic heterocycles. The second kappa shape index (κ2) is 9.13. The van der Waals surface area contributed by atoms with Crippen LogP contribution in [0.25, 0.3) is 0 Å². The van der Waals surface area contributed by atoms with E-state index in [1.54, 1.807) is 30.5 Å². The van der Waals surface area contributed by atoms with Crippen molar-refractivity contribution in [2.24, 2.45) is 0 Å². The summed E-state index contributed by atoms with van der Waals surface area (Å²) in [5, 5.41) is 3.04. The van der Waals surface area contributed by atoms with Crippen LogP contribution < -0.4 is 19.5 Å². The van der Waals surface area contributed by atoms with Gasteiger partial charge in [-0.05, 0) is 45.0 Å². The van der Waals surface area contributed by atoms with Crippen LogP contribution in [0.5, 0.6) is 17.2 Å². The molecule has 0 atom stereocenters. The predicted molar refractivity (Wildman–Crippen MR) is 97.1 cm³/mol. The number of rotatable bonds is 8. The van der Waals surface area contributed by atoms with E-state index in [4.69, 9.17) is 25.8 Å². The number of halogens is 1. The molecule has 2 aromatic rings. The first-order valence-electron chi connectivity index (χ1n) is 8.08. The number of carbonyl (C=O) groups is 1. The van der Waals surface area contributed by atoms with Crippen LogP contribution in [0.4, 0.5) is 5.82 Å². The Hall–Kier alpha value is -2.47. The Labute approximate surface area is 152 Å². The van der Waals surface area contributed by atoms with Gasteiger partial charge in [0.1, 0.15) is 0 Å². The second-order valence-electron chi connectivity index (χ2n) is 4.89. The maximum Gasteiger partial charge on any atom is 0.257 e. The van der Waals surface area contributed by atoms with E-state index in [1.807, 2.05) is 20.8 Å². The lowest BCUT2D eigenvalue weighted by molar-refractivity contribution is 0.102. The molecule has 0 aliphatic carbocycles. The number of hydrogen-bond acceptors (Lipinski definition) is 5. The smallest absolute Gasteiger partial charge is 0.257 e. The van der Waals surface area contributed by atoms with Crippen LogP contribution in [-0.2, 0) is 0 Å². The highest BCUT2D eigenvalue weighted by Crippen LogP contribution is 2.39. The topological polar surface area (TPSA) is 69.7 Å². The fourth-order valence-electron chi connectivity index (χ4n) is 2.18. The molecule has 0 saturated carbocycles. The Morgan fingerprint density at radius 2 is 1.68 bits per heavy atom. The number of amides is 1. The summed E-state index contributed by atoms with van der Waals surface area (Å²) < 4.78 is 16.9. The van der Waals surface area contributed by atoms with Gasteiger partial charge < -0.3 is 19.5 Å². The number of aromatic nitrogens is 1. The van der Waals surface area contributed by atoms with Gasteiger partial charge in [-0.1, -0.05) is 11.6 Å². The maximum atomic E-state index is 12.6. The number of nitrogens with zero attached hydrogens (tertiary/aromatic N) is 1. The van der Waals surface area contributed by atoms with Gasteiger partial charge in [0.25, 0.3) is 5.91 Å². The fraction of sp³-hybridized carbons (Fsp3) is 0.333. The highest BCUT2D eigenvalue weighted by Gasteiger charge is 2.19. The number of ether oxygens (including phenoxy) is 3. The van der Waals surface area contributed by atoms with Crippen molar-refractivity contribution in [2.75, 3.05) is 25.1 Å². The molecule has 134 valence electrons. The zero-order valence-electron chi connectivity index (χ0n) is 14.5. The molecule has 0 bridgehead atoms. The van der Waals surface area contributed by atoms with E-state index in [2.05, 4.69) is 10.3 Å². The Morgan fingerprint density at radius 3 is 2.20 bits per heavy atom. The molecule has 1 amide bonds.